The molecular weight excluding hydrogens is 438 g/mol. The summed E-state index contributed by atoms with van der Waals surface area (Å²) < 4.78 is 59.2. The van der Waals surface area contributed by atoms with Crippen molar-refractivity contribution in [2.24, 2.45) is 0 Å². The molecule has 0 aliphatic heterocycles. The van der Waals surface area contributed by atoms with Gasteiger partial charge in [-0.05, 0) is 74.8 Å². The van der Waals surface area contributed by atoms with E-state index in [1.165, 1.54) is 10.6 Å². The maximum Gasteiger partial charge on any atom is 0.253 e. The van der Waals surface area contributed by atoms with Crippen molar-refractivity contribution >= 4 is 10.0 Å². The third kappa shape index (κ3) is 6.46. The lowest BCUT2D eigenvalue weighted by atomic mass is 9.83. The fourth-order valence-electron chi connectivity index (χ4n) is 4.26. The van der Waals surface area contributed by atoms with Crippen LogP contribution in [0.25, 0.3) is 0 Å². The highest BCUT2D eigenvalue weighted by Gasteiger charge is 2.25. The zero-order valence-corrected chi connectivity index (χ0v) is 19.2. The Morgan fingerprint density at radius 2 is 1.91 bits per heavy atom. The molecule has 1 N–H and O–H groups in total. The highest BCUT2D eigenvalue weighted by Crippen LogP contribution is 2.34. The molecule has 1 heterocycles. The molecule has 6 nitrogen and oxygen atoms in total. The van der Waals surface area contributed by atoms with Crippen molar-refractivity contribution in [2.45, 2.75) is 57.6 Å². The van der Waals surface area contributed by atoms with Crippen LogP contribution in [0.5, 0.6) is 0 Å². The number of aryl methyl sites for hydroxylation is 2. The number of aromatic nitrogens is 1. The quantitative estimate of drug-likeness (QED) is 0.608. The number of ether oxygens (including phenoxy) is 1. The van der Waals surface area contributed by atoms with E-state index in [1.807, 2.05) is 13.0 Å². The zero-order chi connectivity index (χ0) is 23.3. The van der Waals surface area contributed by atoms with Crippen molar-refractivity contribution in [1.29, 1.82) is 0 Å². The molecule has 176 valence electrons. The largest absolute Gasteiger partial charge is 0.376 e. The SMILES string of the molecule is Cc1cc(C)c(=O)n(C(CNS(=O)(=O)CF)COC2CCC(c3cccc(F)c3)CC2)c1. The minimum absolute atomic E-state index is 0.0401. The highest BCUT2D eigenvalue weighted by atomic mass is 32.2. The lowest BCUT2D eigenvalue weighted by Crippen LogP contribution is -2.39. The van der Waals surface area contributed by atoms with Crippen molar-refractivity contribution < 1.29 is 21.9 Å². The Labute approximate surface area is 187 Å². The molecule has 1 unspecified atom stereocenters. The third-order valence-corrected chi connectivity index (χ3v) is 6.85. The molecule has 0 radical (unpaired) electrons. The fraction of sp³-hybridized carbons (Fsp3) is 0.522. The predicted molar refractivity (Wildman–Crippen MR) is 119 cm³/mol. The van der Waals surface area contributed by atoms with Gasteiger partial charge in [-0.2, -0.15) is 0 Å². The molecular formula is C23H30F2N2O4S. The van der Waals surface area contributed by atoms with Crippen LogP contribution in [0.1, 0.15) is 54.3 Å². The maximum atomic E-state index is 13.5. The van der Waals surface area contributed by atoms with Crippen LogP contribution >= 0.6 is 0 Å². The van der Waals surface area contributed by atoms with Crippen LogP contribution in [0.3, 0.4) is 0 Å². The molecule has 0 saturated heterocycles. The minimum atomic E-state index is -4.06. The molecule has 1 aliphatic rings. The van der Waals surface area contributed by atoms with Crippen molar-refractivity contribution in [3.8, 4) is 0 Å². The van der Waals surface area contributed by atoms with E-state index in [4.69, 9.17) is 4.74 Å². The Morgan fingerprint density at radius 3 is 2.56 bits per heavy atom. The van der Waals surface area contributed by atoms with E-state index < -0.39 is 22.1 Å². The Hall–Kier alpha value is -2.10. The van der Waals surface area contributed by atoms with Gasteiger partial charge in [-0.1, -0.05) is 12.1 Å². The number of pyridine rings is 1. The number of alkyl halides is 1. The van der Waals surface area contributed by atoms with Crippen molar-refractivity contribution in [2.75, 3.05) is 19.2 Å². The van der Waals surface area contributed by atoms with Crippen LogP contribution < -0.4 is 10.3 Å². The molecule has 1 atom stereocenters. The number of halogens is 2. The van der Waals surface area contributed by atoms with Gasteiger partial charge in [-0.3, -0.25) is 4.79 Å². The van der Waals surface area contributed by atoms with Gasteiger partial charge in [-0.15, -0.1) is 0 Å². The third-order valence-electron chi connectivity index (χ3n) is 5.95. The molecule has 0 amide bonds. The van der Waals surface area contributed by atoms with Crippen molar-refractivity contribution in [3.63, 3.8) is 0 Å². The maximum absolute atomic E-state index is 13.5. The molecule has 1 aromatic heterocycles. The molecule has 1 aliphatic carbocycles. The van der Waals surface area contributed by atoms with Crippen LogP contribution in [0.15, 0.2) is 41.3 Å². The van der Waals surface area contributed by atoms with Gasteiger partial charge in [0.15, 0.2) is 0 Å². The van der Waals surface area contributed by atoms with Crippen molar-refractivity contribution in [3.05, 3.63) is 69.4 Å². The summed E-state index contributed by atoms with van der Waals surface area (Å²) >= 11 is 0. The molecule has 32 heavy (non-hydrogen) atoms. The van der Waals surface area contributed by atoms with E-state index in [1.54, 1.807) is 31.3 Å². The van der Waals surface area contributed by atoms with Crippen LogP contribution in [0.4, 0.5) is 8.78 Å². The topological polar surface area (TPSA) is 77.4 Å². The van der Waals surface area contributed by atoms with Gasteiger partial charge in [-0.25, -0.2) is 21.9 Å². The Bertz CT molecular complexity index is 1080. The average molecular weight is 469 g/mol. The van der Waals surface area contributed by atoms with Gasteiger partial charge in [0.2, 0.25) is 16.0 Å². The first-order chi connectivity index (χ1) is 15.2. The molecule has 9 heteroatoms. The Balaban J connectivity index is 1.66. The number of benzene rings is 1. The summed E-state index contributed by atoms with van der Waals surface area (Å²) in [5.41, 5.74) is 2.15. The van der Waals surface area contributed by atoms with Crippen molar-refractivity contribution in [1.82, 2.24) is 9.29 Å². The zero-order valence-electron chi connectivity index (χ0n) is 18.4. The summed E-state index contributed by atoms with van der Waals surface area (Å²) in [4.78, 5) is 12.7. The summed E-state index contributed by atoms with van der Waals surface area (Å²) in [6, 6.07) is 6.30. The molecule has 3 rings (SSSR count). The molecule has 1 aromatic carbocycles. The van der Waals surface area contributed by atoms with E-state index in [0.717, 1.165) is 36.8 Å². The van der Waals surface area contributed by atoms with Gasteiger partial charge >= 0.3 is 0 Å². The summed E-state index contributed by atoms with van der Waals surface area (Å²) in [6.45, 7) is 3.52. The summed E-state index contributed by atoms with van der Waals surface area (Å²) in [7, 11) is -4.06. The van der Waals surface area contributed by atoms with E-state index >= 15 is 0 Å². The van der Waals surface area contributed by atoms with Crippen LogP contribution in [0, 0.1) is 19.7 Å². The second-order valence-corrected chi connectivity index (χ2v) is 10.2. The minimum Gasteiger partial charge on any atom is -0.376 e. The van der Waals surface area contributed by atoms with Gasteiger partial charge in [0.05, 0.1) is 18.8 Å². The van der Waals surface area contributed by atoms with Crippen LogP contribution in [-0.2, 0) is 14.8 Å². The van der Waals surface area contributed by atoms with Crippen LogP contribution in [0.2, 0.25) is 0 Å². The van der Waals surface area contributed by atoms with Gasteiger partial charge in [0.1, 0.15) is 5.82 Å². The number of hydrogen-bond donors (Lipinski definition) is 1. The first-order valence-corrected chi connectivity index (χ1v) is 12.4. The number of sulfonamides is 1. The number of hydrogen-bond acceptors (Lipinski definition) is 4. The van der Waals surface area contributed by atoms with Gasteiger partial charge in [0, 0.05) is 18.3 Å². The lowest BCUT2D eigenvalue weighted by Gasteiger charge is -2.30. The molecule has 0 bridgehead atoms. The first kappa shape index (κ1) is 24.5. The van der Waals surface area contributed by atoms with E-state index in [9.17, 15) is 22.0 Å². The van der Waals surface area contributed by atoms with E-state index in [0.29, 0.717) is 5.56 Å². The molecule has 1 fully saturated rings. The average Bonchev–Trinajstić information content (AvgIpc) is 2.77. The van der Waals surface area contributed by atoms with Gasteiger partial charge in [0.25, 0.3) is 5.56 Å². The van der Waals surface area contributed by atoms with Gasteiger partial charge < -0.3 is 9.30 Å². The summed E-state index contributed by atoms with van der Waals surface area (Å²) in [5.74, 6) is 0.0399. The fourth-order valence-corrected chi connectivity index (χ4v) is 4.79. The van der Waals surface area contributed by atoms with E-state index in [-0.39, 0.29) is 36.5 Å². The summed E-state index contributed by atoms with van der Waals surface area (Å²) in [5, 5.41) is 0. The molecule has 1 saturated carbocycles. The lowest BCUT2D eigenvalue weighted by molar-refractivity contribution is 0.00730. The second kappa shape index (κ2) is 10.7. The number of nitrogens with one attached hydrogen (secondary N) is 1. The Kier molecular flexibility index (Phi) is 8.19. The normalized spacial score (nSPS) is 20.2. The van der Waals surface area contributed by atoms with E-state index in [2.05, 4.69) is 4.72 Å². The predicted octanol–water partition coefficient (Wildman–Crippen LogP) is 3.73. The second-order valence-electron chi connectivity index (χ2n) is 8.50. The number of nitrogens with zero attached hydrogens (tertiary/aromatic N) is 1. The molecule has 0 spiro atoms. The first-order valence-electron chi connectivity index (χ1n) is 10.8. The summed E-state index contributed by atoms with van der Waals surface area (Å²) in [6.07, 6.45) is 4.90. The van der Waals surface area contributed by atoms with Crippen LogP contribution in [-0.4, -0.2) is 38.2 Å². The number of rotatable bonds is 9. The highest BCUT2D eigenvalue weighted by molar-refractivity contribution is 7.89. The standard InChI is InChI=1S/C23H30F2N2O4S/c1-16-10-17(2)23(28)27(13-16)21(12-26-32(29,30)15-24)14-31-22-8-6-18(7-9-22)19-4-3-5-20(25)11-19/h3-5,10-11,13,18,21-22,26H,6-9,12,14-15H2,1-2H3. The smallest absolute Gasteiger partial charge is 0.253 e. The Morgan fingerprint density at radius 1 is 1.19 bits per heavy atom. The monoisotopic (exact) mass is 468 g/mol. The molecule has 2 aromatic rings.